The van der Waals surface area contributed by atoms with Crippen LogP contribution in [0, 0.1) is 0 Å². The molecular weight excluding hydrogens is 396 g/mol. The highest BCUT2D eigenvalue weighted by atomic mass is 79.9. The Bertz CT molecular complexity index is 722. The molecule has 0 aromatic heterocycles. The minimum atomic E-state index is -0.640. The van der Waals surface area contributed by atoms with E-state index in [1.807, 2.05) is 6.07 Å². The normalized spacial score (nSPS) is 22.6. The third-order valence-corrected chi connectivity index (χ3v) is 5.93. The van der Waals surface area contributed by atoms with Crippen LogP contribution in [0.25, 0.3) is 0 Å². The molecule has 24 heavy (non-hydrogen) atoms. The fourth-order valence-corrected chi connectivity index (χ4v) is 4.76. The van der Waals surface area contributed by atoms with Gasteiger partial charge in [-0.25, -0.2) is 4.79 Å². The van der Waals surface area contributed by atoms with Crippen molar-refractivity contribution < 1.29 is 19.1 Å². The molecule has 3 rings (SSSR count). The quantitative estimate of drug-likeness (QED) is 0.462. The molecule has 2 amide bonds. The maximum atomic E-state index is 12.5. The van der Waals surface area contributed by atoms with Crippen molar-refractivity contribution in [3.63, 3.8) is 0 Å². The zero-order valence-corrected chi connectivity index (χ0v) is 15.2. The number of nitrogens with one attached hydrogen (secondary N) is 1. The van der Waals surface area contributed by atoms with Crippen LogP contribution in [0.2, 0.25) is 0 Å². The number of β-lactam (4-membered cyclic amide) rings is 1. The van der Waals surface area contributed by atoms with Crippen LogP contribution in [0.1, 0.15) is 10.4 Å². The molecule has 0 radical (unpaired) electrons. The minimum absolute atomic E-state index is 0.285. The van der Waals surface area contributed by atoms with Crippen molar-refractivity contribution in [1.29, 1.82) is 0 Å². The predicted octanol–water partition coefficient (Wildman–Crippen LogP) is 1.52. The zero-order chi connectivity index (χ0) is 17.3. The van der Waals surface area contributed by atoms with Crippen LogP contribution in [-0.2, 0) is 14.3 Å². The molecule has 8 heteroatoms. The lowest BCUT2D eigenvalue weighted by Crippen LogP contribution is -2.70. The van der Waals surface area contributed by atoms with E-state index in [9.17, 15) is 14.4 Å². The van der Waals surface area contributed by atoms with Crippen molar-refractivity contribution in [3.8, 4) is 0 Å². The van der Waals surface area contributed by atoms with Gasteiger partial charge in [0, 0.05) is 16.6 Å². The van der Waals surface area contributed by atoms with E-state index in [0.717, 1.165) is 5.57 Å². The van der Waals surface area contributed by atoms with Gasteiger partial charge in [-0.15, -0.1) is 11.8 Å². The third kappa shape index (κ3) is 2.84. The molecule has 2 heterocycles. The number of alkyl halides is 1. The molecular formula is C16H15BrN2O4S. The van der Waals surface area contributed by atoms with Gasteiger partial charge < -0.3 is 10.1 Å². The lowest BCUT2D eigenvalue weighted by atomic mass is 10.0. The van der Waals surface area contributed by atoms with Gasteiger partial charge in [-0.3, -0.25) is 14.5 Å². The van der Waals surface area contributed by atoms with Gasteiger partial charge in [-0.2, -0.15) is 0 Å². The highest BCUT2D eigenvalue weighted by Crippen LogP contribution is 2.41. The molecule has 126 valence electrons. The number of rotatable bonds is 4. The number of esters is 1. The Kier molecular flexibility index (Phi) is 4.96. The molecule has 0 unspecified atom stereocenters. The molecule has 2 atom stereocenters. The molecule has 6 nitrogen and oxygen atoms in total. The Morgan fingerprint density at radius 2 is 2.08 bits per heavy atom. The second kappa shape index (κ2) is 6.98. The number of carbonyl (C=O) groups is 3. The van der Waals surface area contributed by atoms with Crippen molar-refractivity contribution in [1.82, 2.24) is 10.2 Å². The van der Waals surface area contributed by atoms with E-state index in [4.69, 9.17) is 4.74 Å². The first-order valence-electron chi connectivity index (χ1n) is 7.25. The first-order chi connectivity index (χ1) is 11.6. The van der Waals surface area contributed by atoms with E-state index in [2.05, 4.69) is 21.2 Å². The van der Waals surface area contributed by atoms with Gasteiger partial charge in [0.05, 0.1) is 7.11 Å². The van der Waals surface area contributed by atoms with E-state index in [1.54, 1.807) is 24.3 Å². The summed E-state index contributed by atoms with van der Waals surface area (Å²) in [6, 6.07) is 8.08. The maximum absolute atomic E-state index is 12.5. The number of hydrogen-bond donors (Lipinski definition) is 1. The standard InChI is InChI=1S/C16H15BrN2O4S/c1-23-16(22)12-10(7-17)8-24-15-11(14(21)19(12)15)18-13(20)9-5-3-2-4-6-9/h2-6,11,15H,7-8H2,1H3,(H,18,20)/t11-,15-/m1/s1. The summed E-state index contributed by atoms with van der Waals surface area (Å²) < 4.78 is 4.80. The van der Waals surface area contributed by atoms with Crippen molar-refractivity contribution >= 4 is 45.5 Å². The van der Waals surface area contributed by atoms with Gasteiger partial charge in [-0.1, -0.05) is 34.1 Å². The summed E-state index contributed by atoms with van der Waals surface area (Å²) in [5.41, 5.74) is 1.59. The van der Waals surface area contributed by atoms with E-state index >= 15 is 0 Å². The molecule has 1 saturated heterocycles. The van der Waals surface area contributed by atoms with Gasteiger partial charge in [0.2, 0.25) is 0 Å². The van der Waals surface area contributed by atoms with E-state index in [-0.39, 0.29) is 22.9 Å². The van der Waals surface area contributed by atoms with Crippen LogP contribution in [0.3, 0.4) is 0 Å². The fourth-order valence-electron chi connectivity index (χ4n) is 2.69. The van der Waals surface area contributed by atoms with Crippen LogP contribution in [0.5, 0.6) is 0 Å². The largest absolute Gasteiger partial charge is 0.464 e. The fraction of sp³-hybridized carbons (Fsp3) is 0.312. The molecule has 2 aliphatic heterocycles. The molecule has 0 aliphatic carbocycles. The Morgan fingerprint density at radius 3 is 2.71 bits per heavy atom. The monoisotopic (exact) mass is 410 g/mol. The number of benzene rings is 1. The first-order valence-corrected chi connectivity index (χ1v) is 9.42. The molecule has 1 N–H and O–H groups in total. The van der Waals surface area contributed by atoms with Crippen LogP contribution >= 0.6 is 27.7 Å². The van der Waals surface area contributed by atoms with E-state index in [1.165, 1.54) is 23.8 Å². The number of halogens is 1. The van der Waals surface area contributed by atoms with Crippen LogP contribution in [0.15, 0.2) is 41.6 Å². The average molecular weight is 411 g/mol. The SMILES string of the molecule is COC(=O)C1=C(CBr)CS[C@@H]2[C@H](NC(=O)c3ccccc3)C(=O)N12. The predicted molar refractivity (Wildman–Crippen MR) is 93.6 cm³/mol. The number of thioether (sulfide) groups is 1. The van der Waals surface area contributed by atoms with Gasteiger partial charge >= 0.3 is 5.97 Å². The average Bonchev–Trinajstić information content (AvgIpc) is 2.64. The Labute approximate surface area is 151 Å². The number of nitrogens with zero attached hydrogens (tertiary/aromatic N) is 1. The van der Waals surface area contributed by atoms with Crippen molar-refractivity contribution in [2.24, 2.45) is 0 Å². The summed E-state index contributed by atoms with van der Waals surface area (Å²) >= 11 is 4.86. The summed E-state index contributed by atoms with van der Waals surface area (Å²) in [6.07, 6.45) is 0. The molecule has 1 aromatic carbocycles. The second-order valence-electron chi connectivity index (χ2n) is 5.30. The summed E-state index contributed by atoms with van der Waals surface area (Å²) in [5.74, 6) is -0.530. The van der Waals surface area contributed by atoms with Gasteiger partial charge in [-0.05, 0) is 17.7 Å². The van der Waals surface area contributed by atoms with E-state index in [0.29, 0.717) is 16.6 Å². The third-order valence-electron chi connectivity index (χ3n) is 3.91. The smallest absolute Gasteiger partial charge is 0.354 e. The maximum Gasteiger partial charge on any atom is 0.354 e. The zero-order valence-electron chi connectivity index (χ0n) is 12.8. The van der Waals surface area contributed by atoms with Crippen molar-refractivity contribution in [2.75, 3.05) is 18.2 Å². The summed E-state index contributed by atoms with van der Waals surface area (Å²) in [7, 11) is 1.29. The van der Waals surface area contributed by atoms with Crippen molar-refractivity contribution in [3.05, 3.63) is 47.2 Å². The van der Waals surface area contributed by atoms with Crippen LogP contribution in [0.4, 0.5) is 0 Å². The number of methoxy groups -OCH3 is 1. The van der Waals surface area contributed by atoms with Gasteiger partial charge in [0.15, 0.2) is 0 Å². The second-order valence-corrected chi connectivity index (χ2v) is 6.97. The Hall–Kier alpha value is -1.80. The van der Waals surface area contributed by atoms with Crippen LogP contribution < -0.4 is 5.32 Å². The number of fused-ring (bicyclic) bond motifs is 1. The molecule has 0 saturated carbocycles. The Morgan fingerprint density at radius 1 is 1.38 bits per heavy atom. The molecule has 0 bridgehead atoms. The lowest BCUT2D eigenvalue weighted by Gasteiger charge is -2.49. The summed E-state index contributed by atoms with van der Waals surface area (Å²) in [6.45, 7) is 0. The van der Waals surface area contributed by atoms with Crippen molar-refractivity contribution in [2.45, 2.75) is 11.4 Å². The summed E-state index contributed by atoms with van der Waals surface area (Å²) in [4.78, 5) is 38.2. The number of hydrogen-bond acceptors (Lipinski definition) is 5. The summed E-state index contributed by atoms with van der Waals surface area (Å²) in [5, 5.41) is 2.95. The minimum Gasteiger partial charge on any atom is -0.464 e. The topological polar surface area (TPSA) is 75.7 Å². The molecule has 1 fully saturated rings. The van der Waals surface area contributed by atoms with Crippen LogP contribution in [-0.4, -0.2) is 52.3 Å². The van der Waals surface area contributed by atoms with E-state index < -0.39 is 12.0 Å². The highest BCUT2D eigenvalue weighted by Gasteiger charge is 2.54. The van der Waals surface area contributed by atoms with Gasteiger partial charge in [0.1, 0.15) is 17.1 Å². The number of amides is 2. The number of ether oxygens (including phenoxy) is 1. The highest BCUT2D eigenvalue weighted by molar-refractivity contribution is 9.09. The molecule has 0 spiro atoms. The Balaban J connectivity index is 1.78. The first kappa shape index (κ1) is 17.0. The molecule has 1 aromatic rings. The molecule has 2 aliphatic rings. The lowest BCUT2D eigenvalue weighted by molar-refractivity contribution is -0.150. The number of carbonyl (C=O) groups excluding carboxylic acids is 3. The van der Waals surface area contributed by atoms with Gasteiger partial charge in [0.25, 0.3) is 11.8 Å².